The van der Waals surface area contributed by atoms with Gasteiger partial charge in [0.2, 0.25) is 0 Å². The summed E-state index contributed by atoms with van der Waals surface area (Å²) < 4.78 is 0. The maximum atomic E-state index is 11.0. The van der Waals surface area contributed by atoms with E-state index in [1.807, 2.05) is 26.8 Å². The van der Waals surface area contributed by atoms with Crippen molar-refractivity contribution in [3.8, 4) is 0 Å². The van der Waals surface area contributed by atoms with E-state index in [1.54, 1.807) is 12.4 Å². The van der Waals surface area contributed by atoms with Crippen LogP contribution in [-0.4, -0.2) is 16.1 Å². The van der Waals surface area contributed by atoms with Crippen molar-refractivity contribution in [2.75, 3.05) is 0 Å². The quantitative estimate of drug-likeness (QED) is 0.805. The number of aliphatic carboxylic acids is 1. The number of aromatic nitrogens is 1. The Morgan fingerprint density at radius 1 is 1.47 bits per heavy atom. The Bertz CT molecular complexity index is 412. The van der Waals surface area contributed by atoms with Gasteiger partial charge in [0.05, 0.1) is 5.92 Å². The van der Waals surface area contributed by atoms with Crippen LogP contribution in [0, 0.1) is 18.3 Å². The molecule has 2 unspecified atom stereocenters. The summed E-state index contributed by atoms with van der Waals surface area (Å²) in [7, 11) is 0. The predicted molar refractivity (Wildman–Crippen MR) is 56.6 cm³/mol. The monoisotopic (exact) mass is 205 g/mol. The van der Waals surface area contributed by atoms with Crippen molar-refractivity contribution in [1.82, 2.24) is 4.98 Å². The highest BCUT2D eigenvalue weighted by atomic mass is 16.4. The second-order valence-corrected chi connectivity index (χ2v) is 4.91. The fraction of sp³-hybridized carbons (Fsp3) is 0.500. The van der Waals surface area contributed by atoms with Gasteiger partial charge in [-0.3, -0.25) is 9.78 Å². The Labute approximate surface area is 89.2 Å². The van der Waals surface area contributed by atoms with Crippen molar-refractivity contribution < 1.29 is 9.90 Å². The molecular weight excluding hydrogens is 190 g/mol. The molecular formula is C12H15NO2. The lowest BCUT2D eigenvalue weighted by Crippen LogP contribution is -2.03. The normalized spacial score (nSPS) is 27.4. The fourth-order valence-corrected chi connectivity index (χ4v) is 2.47. The van der Waals surface area contributed by atoms with Gasteiger partial charge in [0.1, 0.15) is 0 Å². The van der Waals surface area contributed by atoms with Crippen LogP contribution in [0.5, 0.6) is 0 Å². The molecule has 1 aromatic heterocycles. The molecule has 2 atom stereocenters. The number of hydrogen-bond donors (Lipinski definition) is 1. The minimum absolute atomic E-state index is 0.113. The van der Waals surface area contributed by atoms with Crippen molar-refractivity contribution in [1.29, 1.82) is 0 Å². The van der Waals surface area contributed by atoms with Crippen LogP contribution in [0.1, 0.15) is 30.9 Å². The molecule has 1 heterocycles. The van der Waals surface area contributed by atoms with Crippen LogP contribution in [-0.2, 0) is 4.79 Å². The average molecular weight is 205 g/mol. The number of nitrogens with zero attached hydrogens (tertiary/aromatic N) is 1. The summed E-state index contributed by atoms with van der Waals surface area (Å²) in [6.07, 6.45) is 3.57. The molecule has 1 saturated carbocycles. The number of carbonyl (C=O) groups is 1. The van der Waals surface area contributed by atoms with Crippen LogP contribution >= 0.6 is 0 Å². The minimum atomic E-state index is -0.702. The average Bonchev–Trinajstić information content (AvgIpc) is 2.69. The van der Waals surface area contributed by atoms with Crippen LogP contribution in [0.25, 0.3) is 0 Å². The lowest BCUT2D eigenvalue weighted by atomic mass is 10.0. The first-order valence-electron chi connectivity index (χ1n) is 5.09. The van der Waals surface area contributed by atoms with E-state index >= 15 is 0 Å². The van der Waals surface area contributed by atoms with Gasteiger partial charge >= 0.3 is 5.97 Å². The SMILES string of the molecule is Cc1cncc(C2C(C(=O)O)C2(C)C)c1. The van der Waals surface area contributed by atoms with E-state index in [9.17, 15) is 4.79 Å². The summed E-state index contributed by atoms with van der Waals surface area (Å²) in [6.45, 7) is 5.97. The molecule has 1 N–H and O–H groups in total. The van der Waals surface area contributed by atoms with E-state index < -0.39 is 5.97 Å². The second kappa shape index (κ2) is 3.05. The third-order valence-corrected chi connectivity index (χ3v) is 3.35. The van der Waals surface area contributed by atoms with Gasteiger partial charge in [-0.25, -0.2) is 0 Å². The van der Waals surface area contributed by atoms with Gasteiger partial charge in [-0.05, 0) is 23.5 Å². The lowest BCUT2D eigenvalue weighted by Gasteiger charge is -2.02. The summed E-state index contributed by atoms with van der Waals surface area (Å²) in [5, 5.41) is 9.07. The molecule has 0 spiro atoms. The predicted octanol–water partition coefficient (Wildman–Crippen LogP) is 2.21. The zero-order valence-corrected chi connectivity index (χ0v) is 9.19. The van der Waals surface area contributed by atoms with Crippen molar-refractivity contribution in [3.05, 3.63) is 29.6 Å². The number of carboxylic acid groups (broad SMARTS) is 1. The first-order chi connectivity index (χ1) is 6.94. The Balaban J connectivity index is 2.31. The first-order valence-corrected chi connectivity index (χ1v) is 5.09. The molecule has 1 aliphatic rings. The van der Waals surface area contributed by atoms with E-state index in [1.165, 1.54) is 0 Å². The Morgan fingerprint density at radius 3 is 2.60 bits per heavy atom. The van der Waals surface area contributed by atoms with Gasteiger partial charge in [-0.2, -0.15) is 0 Å². The third kappa shape index (κ3) is 1.52. The molecule has 3 heteroatoms. The molecule has 1 aliphatic carbocycles. The topological polar surface area (TPSA) is 50.2 Å². The Kier molecular flexibility index (Phi) is 2.07. The molecule has 1 fully saturated rings. The summed E-state index contributed by atoms with van der Waals surface area (Å²) in [6, 6.07) is 2.03. The summed E-state index contributed by atoms with van der Waals surface area (Å²) in [4.78, 5) is 15.1. The highest BCUT2D eigenvalue weighted by Gasteiger charge is 2.62. The van der Waals surface area contributed by atoms with Crippen LogP contribution in [0.15, 0.2) is 18.5 Å². The van der Waals surface area contributed by atoms with E-state index in [0.717, 1.165) is 11.1 Å². The van der Waals surface area contributed by atoms with E-state index in [0.29, 0.717) is 0 Å². The number of carboxylic acids is 1. The highest BCUT2D eigenvalue weighted by Crippen LogP contribution is 2.64. The standard InChI is InChI=1S/C12H15NO2/c1-7-4-8(6-13-5-7)9-10(11(14)15)12(9,2)3/h4-6,9-10H,1-3H3,(H,14,15). The molecule has 1 aromatic rings. The second-order valence-electron chi connectivity index (χ2n) is 4.91. The molecule has 3 nitrogen and oxygen atoms in total. The van der Waals surface area contributed by atoms with Crippen LogP contribution in [0.3, 0.4) is 0 Å². The molecule has 0 aromatic carbocycles. The zero-order chi connectivity index (χ0) is 11.2. The van der Waals surface area contributed by atoms with Crippen molar-refractivity contribution in [2.45, 2.75) is 26.7 Å². The molecule has 0 radical (unpaired) electrons. The minimum Gasteiger partial charge on any atom is -0.481 e. The Morgan fingerprint density at radius 2 is 2.13 bits per heavy atom. The van der Waals surface area contributed by atoms with Gasteiger partial charge in [0, 0.05) is 18.3 Å². The number of aryl methyl sites for hydroxylation is 1. The largest absolute Gasteiger partial charge is 0.481 e. The molecule has 80 valence electrons. The molecule has 2 rings (SSSR count). The summed E-state index contributed by atoms with van der Waals surface area (Å²) >= 11 is 0. The fourth-order valence-electron chi connectivity index (χ4n) is 2.47. The van der Waals surface area contributed by atoms with E-state index in [2.05, 4.69) is 4.98 Å². The number of pyridine rings is 1. The van der Waals surface area contributed by atoms with Gasteiger partial charge in [-0.1, -0.05) is 19.9 Å². The number of rotatable bonds is 2. The molecule has 0 bridgehead atoms. The molecule has 0 amide bonds. The third-order valence-electron chi connectivity index (χ3n) is 3.35. The van der Waals surface area contributed by atoms with Gasteiger partial charge in [0.25, 0.3) is 0 Å². The molecule has 15 heavy (non-hydrogen) atoms. The van der Waals surface area contributed by atoms with Crippen LogP contribution in [0.2, 0.25) is 0 Å². The van der Waals surface area contributed by atoms with Gasteiger partial charge < -0.3 is 5.11 Å². The van der Waals surface area contributed by atoms with Crippen LogP contribution in [0.4, 0.5) is 0 Å². The smallest absolute Gasteiger partial charge is 0.307 e. The van der Waals surface area contributed by atoms with Gasteiger partial charge in [-0.15, -0.1) is 0 Å². The molecule has 0 aliphatic heterocycles. The van der Waals surface area contributed by atoms with Crippen molar-refractivity contribution >= 4 is 5.97 Å². The van der Waals surface area contributed by atoms with Crippen molar-refractivity contribution in [2.24, 2.45) is 11.3 Å². The lowest BCUT2D eigenvalue weighted by molar-refractivity contribution is -0.139. The van der Waals surface area contributed by atoms with E-state index in [-0.39, 0.29) is 17.3 Å². The highest BCUT2D eigenvalue weighted by molar-refractivity contribution is 5.77. The van der Waals surface area contributed by atoms with E-state index in [4.69, 9.17) is 5.11 Å². The summed E-state index contributed by atoms with van der Waals surface area (Å²) in [5.41, 5.74) is 1.99. The molecule has 0 saturated heterocycles. The Hall–Kier alpha value is -1.38. The van der Waals surface area contributed by atoms with Crippen LogP contribution < -0.4 is 0 Å². The first kappa shape index (κ1) is 10.1. The summed E-state index contributed by atoms with van der Waals surface area (Å²) in [5.74, 6) is -0.852. The van der Waals surface area contributed by atoms with Crippen molar-refractivity contribution in [3.63, 3.8) is 0 Å². The maximum Gasteiger partial charge on any atom is 0.307 e. The number of hydrogen-bond acceptors (Lipinski definition) is 2. The zero-order valence-electron chi connectivity index (χ0n) is 9.19. The van der Waals surface area contributed by atoms with Gasteiger partial charge in [0.15, 0.2) is 0 Å². The maximum absolute atomic E-state index is 11.0.